The van der Waals surface area contributed by atoms with Gasteiger partial charge < -0.3 is 10.5 Å². The molecule has 1 atom stereocenters. The van der Waals surface area contributed by atoms with Gasteiger partial charge in [0.1, 0.15) is 11.9 Å². The van der Waals surface area contributed by atoms with Gasteiger partial charge in [-0.1, -0.05) is 12.1 Å². The van der Waals surface area contributed by atoms with Crippen LogP contribution in [-0.4, -0.2) is 37.1 Å². The molecule has 1 unspecified atom stereocenters. The summed E-state index contributed by atoms with van der Waals surface area (Å²) in [5.41, 5.74) is 6.98. The van der Waals surface area contributed by atoms with Crippen LogP contribution in [0.5, 0.6) is 0 Å². The van der Waals surface area contributed by atoms with Crippen molar-refractivity contribution >= 4 is 5.97 Å². The number of methoxy groups -OCH3 is 1. The lowest BCUT2D eigenvalue weighted by molar-refractivity contribution is -0.144. The van der Waals surface area contributed by atoms with Gasteiger partial charge in [0, 0.05) is 6.54 Å². The Bertz CT molecular complexity index is 442. The van der Waals surface area contributed by atoms with E-state index >= 15 is 0 Å². The second kappa shape index (κ2) is 6.81. The fourth-order valence-electron chi connectivity index (χ4n) is 2.65. The minimum Gasteiger partial charge on any atom is -0.468 e. The van der Waals surface area contributed by atoms with Crippen molar-refractivity contribution in [3.63, 3.8) is 0 Å². The Morgan fingerprint density at radius 3 is 2.55 bits per heavy atom. The maximum atomic E-state index is 12.8. The molecule has 1 heterocycles. The molecule has 110 valence electrons. The molecule has 1 aromatic carbocycles. The van der Waals surface area contributed by atoms with Gasteiger partial charge in [-0.2, -0.15) is 0 Å². The number of ether oxygens (including phenoxy) is 1. The SMILES string of the molecule is COC(=O)C(N)C1CCN(Cc2ccc(F)cc2)CC1. The number of carbonyl (C=O) groups is 1. The van der Waals surface area contributed by atoms with Crippen LogP contribution in [-0.2, 0) is 16.1 Å². The fraction of sp³-hybridized carbons (Fsp3) is 0.533. The Morgan fingerprint density at radius 2 is 2.00 bits per heavy atom. The van der Waals surface area contributed by atoms with Crippen LogP contribution in [0.15, 0.2) is 24.3 Å². The number of piperidine rings is 1. The number of esters is 1. The van der Waals surface area contributed by atoms with Gasteiger partial charge >= 0.3 is 5.97 Å². The van der Waals surface area contributed by atoms with Crippen LogP contribution < -0.4 is 5.73 Å². The van der Waals surface area contributed by atoms with E-state index in [-0.39, 0.29) is 17.7 Å². The van der Waals surface area contributed by atoms with Crippen molar-refractivity contribution < 1.29 is 13.9 Å². The lowest BCUT2D eigenvalue weighted by Crippen LogP contribution is -2.45. The Kier molecular flexibility index (Phi) is 5.09. The fourth-order valence-corrected chi connectivity index (χ4v) is 2.65. The second-order valence-electron chi connectivity index (χ2n) is 5.29. The average Bonchev–Trinajstić information content (AvgIpc) is 2.49. The van der Waals surface area contributed by atoms with Crippen molar-refractivity contribution in [3.8, 4) is 0 Å². The van der Waals surface area contributed by atoms with Gasteiger partial charge in [-0.05, 0) is 49.5 Å². The largest absolute Gasteiger partial charge is 0.468 e. The number of halogens is 1. The Balaban J connectivity index is 1.82. The molecule has 1 aromatic rings. The monoisotopic (exact) mass is 280 g/mol. The molecular weight excluding hydrogens is 259 g/mol. The van der Waals surface area contributed by atoms with E-state index in [4.69, 9.17) is 5.73 Å². The summed E-state index contributed by atoms with van der Waals surface area (Å²) >= 11 is 0. The summed E-state index contributed by atoms with van der Waals surface area (Å²) in [5, 5.41) is 0. The number of nitrogens with two attached hydrogens (primary N) is 1. The molecule has 0 spiro atoms. The third-order valence-electron chi connectivity index (χ3n) is 3.93. The van der Waals surface area contributed by atoms with Crippen molar-refractivity contribution in [1.82, 2.24) is 4.90 Å². The Labute approximate surface area is 118 Å². The zero-order chi connectivity index (χ0) is 14.5. The number of carbonyl (C=O) groups excluding carboxylic acids is 1. The van der Waals surface area contributed by atoms with Crippen molar-refractivity contribution in [1.29, 1.82) is 0 Å². The maximum absolute atomic E-state index is 12.8. The third-order valence-corrected chi connectivity index (χ3v) is 3.93. The maximum Gasteiger partial charge on any atom is 0.322 e. The molecule has 0 aliphatic carbocycles. The quantitative estimate of drug-likeness (QED) is 0.850. The van der Waals surface area contributed by atoms with E-state index in [0.717, 1.165) is 38.0 Å². The molecule has 0 amide bonds. The van der Waals surface area contributed by atoms with Crippen LogP contribution in [0.4, 0.5) is 4.39 Å². The van der Waals surface area contributed by atoms with E-state index < -0.39 is 6.04 Å². The zero-order valence-corrected chi connectivity index (χ0v) is 11.7. The first-order chi connectivity index (χ1) is 9.60. The number of rotatable bonds is 4. The van der Waals surface area contributed by atoms with Crippen molar-refractivity contribution in [2.45, 2.75) is 25.4 Å². The molecule has 0 radical (unpaired) electrons. The molecule has 1 saturated heterocycles. The molecule has 0 bridgehead atoms. The van der Waals surface area contributed by atoms with Gasteiger partial charge in [0.25, 0.3) is 0 Å². The first-order valence-corrected chi connectivity index (χ1v) is 6.90. The highest BCUT2D eigenvalue weighted by atomic mass is 19.1. The molecule has 1 aliphatic heterocycles. The van der Waals surface area contributed by atoms with Crippen LogP contribution in [0.2, 0.25) is 0 Å². The number of hydrogen-bond acceptors (Lipinski definition) is 4. The van der Waals surface area contributed by atoms with Gasteiger partial charge in [0.15, 0.2) is 0 Å². The average molecular weight is 280 g/mol. The van der Waals surface area contributed by atoms with E-state index in [1.165, 1.54) is 19.2 Å². The molecule has 0 aromatic heterocycles. The summed E-state index contributed by atoms with van der Waals surface area (Å²) in [6.45, 7) is 2.60. The predicted octanol–water partition coefficient (Wildman–Crippen LogP) is 1.54. The molecule has 0 saturated carbocycles. The van der Waals surface area contributed by atoms with Crippen LogP contribution in [0, 0.1) is 11.7 Å². The molecular formula is C15H21FN2O2. The number of likely N-dealkylation sites (tertiary alicyclic amines) is 1. The van der Waals surface area contributed by atoms with Crippen LogP contribution in [0.1, 0.15) is 18.4 Å². The highest BCUT2D eigenvalue weighted by Crippen LogP contribution is 2.21. The summed E-state index contributed by atoms with van der Waals surface area (Å²) in [5.74, 6) is -0.356. The van der Waals surface area contributed by atoms with E-state index in [0.29, 0.717) is 0 Å². The molecule has 4 nitrogen and oxygen atoms in total. The topological polar surface area (TPSA) is 55.6 Å². The molecule has 1 fully saturated rings. The summed E-state index contributed by atoms with van der Waals surface area (Å²) < 4.78 is 17.5. The van der Waals surface area contributed by atoms with Crippen molar-refractivity contribution in [2.75, 3.05) is 20.2 Å². The molecule has 20 heavy (non-hydrogen) atoms. The van der Waals surface area contributed by atoms with E-state index in [2.05, 4.69) is 9.64 Å². The second-order valence-corrected chi connectivity index (χ2v) is 5.29. The summed E-state index contributed by atoms with van der Waals surface area (Å²) in [4.78, 5) is 13.7. The van der Waals surface area contributed by atoms with E-state index in [1.54, 1.807) is 0 Å². The van der Waals surface area contributed by atoms with Crippen LogP contribution in [0.25, 0.3) is 0 Å². The van der Waals surface area contributed by atoms with Gasteiger partial charge in [-0.25, -0.2) is 4.39 Å². The highest BCUT2D eigenvalue weighted by Gasteiger charge is 2.29. The van der Waals surface area contributed by atoms with Gasteiger partial charge in [0.05, 0.1) is 7.11 Å². The predicted molar refractivity (Wildman–Crippen MR) is 74.4 cm³/mol. The normalized spacial score (nSPS) is 18.8. The van der Waals surface area contributed by atoms with Gasteiger partial charge in [-0.15, -0.1) is 0 Å². The highest BCUT2D eigenvalue weighted by molar-refractivity contribution is 5.75. The Morgan fingerprint density at radius 1 is 1.40 bits per heavy atom. The summed E-state index contributed by atoms with van der Waals surface area (Å²) in [7, 11) is 1.37. The third kappa shape index (κ3) is 3.77. The van der Waals surface area contributed by atoms with Crippen LogP contribution >= 0.6 is 0 Å². The molecule has 2 rings (SSSR count). The number of hydrogen-bond donors (Lipinski definition) is 1. The summed E-state index contributed by atoms with van der Waals surface area (Å²) in [6, 6.07) is 6.06. The minimum absolute atomic E-state index is 0.187. The minimum atomic E-state index is -0.520. The first kappa shape index (κ1) is 14.9. The van der Waals surface area contributed by atoms with Crippen molar-refractivity contribution in [2.24, 2.45) is 11.7 Å². The van der Waals surface area contributed by atoms with E-state index in [9.17, 15) is 9.18 Å². The molecule has 2 N–H and O–H groups in total. The molecule has 5 heteroatoms. The zero-order valence-electron chi connectivity index (χ0n) is 11.7. The smallest absolute Gasteiger partial charge is 0.322 e. The number of benzene rings is 1. The molecule has 1 aliphatic rings. The van der Waals surface area contributed by atoms with Gasteiger partial charge in [0.2, 0.25) is 0 Å². The standard InChI is InChI=1S/C15H21FN2O2/c1-20-15(19)14(17)12-6-8-18(9-7-12)10-11-2-4-13(16)5-3-11/h2-5,12,14H,6-10,17H2,1H3. The van der Waals surface area contributed by atoms with Crippen LogP contribution in [0.3, 0.4) is 0 Å². The Hall–Kier alpha value is -1.46. The number of nitrogens with zero attached hydrogens (tertiary/aromatic N) is 1. The first-order valence-electron chi connectivity index (χ1n) is 6.90. The lowest BCUT2D eigenvalue weighted by Gasteiger charge is -2.33. The van der Waals surface area contributed by atoms with Gasteiger partial charge in [-0.3, -0.25) is 9.69 Å². The lowest BCUT2D eigenvalue weighted by atomic mass is 9.89. The summed E-state index contributed by atoms with van der Waals surface area (Å²) in [6.07, 6.45) is 1.77. The van der Waals surface area contributed by atoms with E-state index in [1.807, 2.05) is 12.1 Å². The van der Waals surface area contributed by atoms with Crippen molar-refractivity contribution in [3.05, 3.63) is 35.6 Å².